The van der Waals surface area contributed by atoms with Crippen LogP contribution in [0.4, 0.5) is 4.39 Å². The molecule has 1 aromatic carbocycles. The van der Waals surface area contributed by atoms with Gasteiger partial charge in [-0.05, 0) is 73.5 Å². The van der Waals surface area contributed by atoms with E-state index in [2.05, 4.69) is 6.07 Å². The molecule has 0 nitrogen and oxygen atoms in total. The van der Waals surface area contributed by atoms with Gasteiger partial charge in [0, 0.05) is 0 Å². The van der Waals surface area contributed by atoms with E-state index < -0.39 is 0 Å². The molecule has 1 heteroatoms. The SMILES string of the molecule is CCc1ccc(CCC2CC(CC3CC3)C2)cc1F. The van der Waals surface area contributed by atoms with Crippen molar-refractivity contribution >= 4 is 0 Å². The molecule has 0 atom stereocenters. The molecule has 0 unspecified atom stereocenters. The molecule has 0 amide bonds. The first-order valence-electron chi connectivity index (χ1n) is 8.02. The minimum atomic E-state index is -0.0137. The second kappa shape index (κ2) is 5.64. The van der Waals surface area contributed by atoms with Crippen LogP contribution in [0.2, 0.25) is 0 Å². The average molecular weight is 260 g/mol. The lowest BCUT2D eigenvalue weighted by Gasteiger charge is -2.35. The highest BCUT2D eigenvalue weighted by Gasteiger charge is 2.33. The molecule has 2 fully saturated rings. The third-order valence-electron chi connectivity index (χ3n) is 5.04. The van der Waals surface area contributed by atoms with Crippen LogP contribution < -0.4 is 0 Å². The third kappa shape index (κ3) is 3.38. The molecule has 0 aromatic heterocycles. The van der Waals surface area contributed by atoms with Crippen LogP contribution in [-0.2, 0) is 12.8 Å². The number of hydrogen-bond acceptors (Lipinski definition) is 0. The van der Waals surface area contributed by atoms with Crippen LogP contribution >= 0.6 is 0 Å². The maximum Gasteiger partial charge on any atom is 0.126 e. The zero-order valence-electron chi connectivity index (χ0n) is 12.0. The molecule has 0 aliphatic heterocycles. The lowest BCUT2D eigenvalue weighted by atomic mass is 9.70. The lowest BCUT2D eigenvalue weighted by molar-refractivity contribution is 0.165. The fourth-order valence-electron chi connectivity index (χ4n) is 3.53. The maximum absolute atomic E-state index is 13.7. The Bertz CT molecular complexity index is 427. The van der Waals surface area contributed by atoms with Crippen molar-refractivity contribution in [1.29, 1.82) is 0 Å². The van der Waals surface area contributed by atoms with Crippen LogP contribution in [0.3, 0.4) is 0 Å². The molecule has 1 aromatic rings. The van der Waals surface area contributed by atoms with E-state index in [4.69, 9.17) is 0 Å². The van der Waals surface area contributed by atoms with Crippen molar-refractivity contribution in [3.05, 3.63) is 35.1 Å². The third-order valence-corrected chi connectivity index (χ3v) is 5.04. The van der Waals surface area contributed by atoms with Crippen LogP contribution in [0.15, 0.2) is 18.2 Å². The van der Waals surface area contributed by atoms with Gasteiger partial charge in [-0.25, -0.2) is 4.39 Å². The number of halogens is 1. The summed E-state index contributed by atoms with van der Waals surface area (Å²) in [5.74, 6) is 3.01. The van der Waals surface area contributed by atoms with E-state index in [9.17, 15) is 4.39 Å². The van der Waals surface area contributed by atoms with Gasteiger partial charge in [-0.1, -0.05) is 31.9 Å². The van der Waals surface area contributed by atoms with E-state index in [1.54, 1.807) is 6.07 Å². The number of rotatable bonds is 6. The van der Waals surface area contributed by atoms with Crippen molar-refractivity contribution in [2.45, 2.75) is 58.3 Å². The summed E-state index contributed by atoms with van der Waals surface area (Å²) in [5, 5.41) is 0. The summed E-state index contributed by atoms with van der Waals surface area (Å²) in [7, 11) is 0. The van der Waals surface area contributed by atoms with Crippen molar-refractivity contribution in [3.63, 3.8) is 0 Å². The van der Waals surface area contributed by atoms with Crippen LogP contribution in [0.5, 0.6) is 0 Å². The smallest absolute Gasteiger partial charge is 0.126 e. The van der Waals surface area contributed by atoms with Crippen molar-refractivity contribution in [3.8, 4) is 0 Å². The summed E-state index contributed by atoms with van der Waals surface area (Å²) in [6.07, 6.45) is 10.5. The first-order valence-corrected chi connectivity index (χ1v) is 8.02. The number of hydrogen-bond donors (Lipinski definition) is 0. The fraction of sp³-hybridized carbons (Fsp3) is 0.667. The molecule has 2 aliphatic carbocycles. The largest absolute Gasteiger partial charge is 0.207 e. The molecule has 0 N–H and O–H groups in total. The molecule has 0 radical (unpaired) electrons. The van der Waals surface area contributed by atoms with Crippen LogP contribution in [-0.4, -0.2) is 0 Å². The quantitative estimate of drug-likeness (QED) is 0.663. The highest BCUT2D eigenvalue weighted by Crippen LogP contribution is 2.45. The molecule has 0 heterocycles. The highest BCUT2D eigenvalue weighted by atomic mass is 19.1. The van der Waals surface area contributed by atoms with Gasteiger partial charge in [0.25, 0.3) is 0 Å². The molecule has 2 aliphatic rings. The first kappa shape index (κ1) is 13.1. The molecule has 104 valence electrons. The van der Waals surface area contributed by atoms with Crippen LogP contribution in [0, 0.1) is 23.6 Å². The molecular formula is C18H25F. The van der Waals surface area contributed by atoms with Gasteiger partial charge in [0.05, 0.1) is 0 Å². The fourth-order valence-corrected chi connectivity index (χ4v) is 3.53. The Morgan fingerprint density at radius 1 is 1.11 bits per heavy atom. The molecule has 2 saturated carbocycles. The normalized spacial score (nSPS) is 26.2. The van der Waals surface area contributed by atoms with Crippen molar-refractivity contribution in [2.75, 3.05) is 0 Å². The predicted octanol–water partition coefficient (Wildman–Crippen LogP) is 5.15. The van der Waals surface area contributed by atoms with Gasteiger partial charge in [0.1, 0.15) is 5.82 Å². The minimum Gasteiger partial charge on any atom is -0.207 e. The predicted molar refractivity (Wildman–Crippen MR) is 77.7 cm³/mol. The van der Waals surface area contributed by atoms with E-state index in [1.807, 2.05) is 13.0 Å². The zero-order chi connectivity index (χ0) is 13.2. The molecule has 0 bridgehead atoms. The molecule has 3 rings (SSSR count). The summed E-state index contributed by atoms with van der Waals surface area (Å²) >= 11 is 0. The highest BCUT2D eigenvalue weighted by molar-refractivity contribution is 5.24. The van der Waals surface area contributed by atoms with E-state index in [0.717, 1.165) is 36.2 Å². The Balaban J connectivity index is 1.41. The van der Waals surface area contributed by atoms with E-state index >= 15 is 0 Å². The zero-order valence-corrected chi connectivity index (χ0v) is 12.0. The van der Waals surface area contributed by atoms with Gasteiger partial charge in [0.15, 0.2) is 0 Å². The maximum atomic E-state index is 13.7. The summed E-state index contributed by atoms with van der Waals surface area (Å²) < 4.78 is 13.7. The van der Waals surface area contributed by atoms with Crippen LogP contribution in [0.25, 0.3) is 0 Å². The van der Waals surface area contributed by atoms with Crippen LogP contribution in [0.1, 0.15) is 56.6 Å². The van der Waals surface area contributed by atoms with Gasteiger partial charge in [-0.3, -0.25) is 0 Å². The Morgan fingerprint density at radius 3 is 2.53 bits per heavy atom. The summed E-state index contributed by atoms with van der Waals surface area (Å²) in [4.78, 5) is 0. The number of aryl methyl sites for hydroxylation is 2. The lowest BCUT2D eigenvalue weighted by Crippen LogP contribution is -2.24. The molecule has 19 heavy (non-hydrogen) atoms. The van der Waals surface area contributed by atoms with Crippen molar-refractivity contribution in [1.82, 2.24) is 0 Å². The van der Waals surface area contributed by atoms with Gasteiger partial charge < -0.3 is 0 Å². The first-order chi connectivity index (χ1) is 9.24. The summed E-state index contributed by atoms with van der Waals surface area (Å²) in [6.45, 7) is 2.01. The summed E-state index contributed by atoms with van der Waals surface area (Å²) in [5.41, 5.74) is 2.03. The second-order valence-corrected chi connectivity index (χ2v) is 6.70. The molecule has 0 saturated heterocycles. The molecule has 0 spiro atoms. The van der Waals surface area contributed by atoms with Gasteiger partial charge >= 0.3 is 0 Å². The second-order valence-electron chi connectivity index (χ2n) is 6.70. The van der Waals surface area contributed by atoms with Gasteiger partial charge in [-0.2, -0.15) is 0 Å². The number of benzene rings is 1. The summed E-state index contributed by atoms with van der Waals surface area (Å²) in [6, 6.07) is 5.82. The monoisotopic (exact) mass is 260 g/mol. The van der Waals surface area contributed by atoms with Crippen molar-refractivity contribution in [2.24, 2.45) is 17.8 Å². The Morgan fingerprint density at radius 2 is 1.89 bits per heavy atom. The van der Waals surface area contributed by atoms with Gasteiger partial charge in [0.2, 0.25) is 0 Å². The van der Waals surface area contributed by atoms with Gasteiger partial charge in [-0.15, -0.1) is 0 Å². The standard InChI is InChI=1S/C18H25F/c1-2-17-8-7-14(12-18(17)19)5-6-15-10-16(11-15)9-13-3-4-13/h7-8,12-13,15-16H,2-6,9-11H2,1H3. The van der Waals surface area contributed by atoms with E-state index in [0.29, 0.717) is 0 Å². The van der Waals surface area contributed by atoms with E-state index in [1.165, 1.54) is 44.1 Å². The topological polar surface area (TPSA) is 0 Å². The molecular weight excluding hydrogens is 235 g/mol. The Hall–Kier alpha value is -0.850. The van der Waals surface area contributed by atoms with E-state index in [-0.39, 0.29) is 5.82 Å². The minimum absolute atomic E-state index is 0.0137. The Kier molecular flexibility index (Phi) is 3.91. The van der Waals surface area contributed by atoms with Crippen molar-refractivity contribution < 1.29 is 4.39 Å². The average Bonchev–Trinajstić information content (AvgIpc) is 3.16. The Labute approximate surface area is 116 Å².